The Hall–Kier alpha value is -3.58. The molecule has 7 heteroatoms. The number of aromatic nitrogens is 1. The molecule has 3 N–H and O–H groups in total. The first-order chi connectivity index (χ1) is 14.8. The quantitative estimate of drug-likeness (QED) is 0.508. The molecular formula is C24H21N3O3S. The molecule has 0 bridgehead atoms. The van der Waals surface area contributed by atoms with Gasteiger partial charge in [0.05, 0.1) is 10.9 Å². The summed E-state index contributed by atoms with van der Waals surface area (Å²) in [5.41, 5.74) is 11.5. The van der Waals surface area contributed by atoms with E-state index in [1.54, 1.807) is 23.1 Å². The molecule has 1 atom stereocenters. The lowest BCUT2D eigenvalue weighted by Gasteiger charge is -2.23. The van der Waals surface area contributed by atoms with Gasteiger partial charge in [-0.15, -0.1) is 0 Å². The van der Waals surface area contributed by atoms with E-state index in [4.69, 9.17) is 5.73 Å². The second-order valence-electron chi connectivity index (χ2n) is 7.87. The van der Waals surface area contributed by atoms with Gasteiger partial charge < -0.3 is 15.6 Å². The van der Waals surface area contributed by atoms with Crippen molar-refractivity contribution >= 4 is 26.8 Å². The number of nitrogens with one attached hydrogen (secondary N) is 1. The van der Waals surface area contributed by atoms with Crippen molar-refractivity contribution in [2.45, 2.75) is 17.5 Å². The molecular weight excluding hydrogens is 410 g/mol. The molecule has 6 nitrogen and oxygen atoms in total. The summed E-state index contributed by atoms with van der Waals surface area (Å²) >= 11 is 0. The minimum absolute atomic E-state index is 0.278. The lowest BCUT2D eigenvalue weighted by molar-refractivity contribution is 0.199. The van der Waals surface area contributed by atoms with Crippen LogP contribution < -0.4 is 5.73 Å². The molecule has 0 fully saturated rings. The van der Waals surface area contributed by atoms with E-state index in [1.807, 2.05) is 54.7 Å². The van der Waals surface area contributed by atoms with Crippen LogP contribution in [0.25, 0.3) is 22.0 Å². The summed E-state index contributed by atoms with van der Waals surface area (Å²) < 4.78 is 23.9. The van der Waals surface area contributed by atoms with Crippen molar-refractivity contribution in [1.82, 2.24) is 9.88 Å². The fourth-order valence-electron chi connectivity index (χ4n) is 4.40. The number of benzene rings is 3. The zero-order chi connectivity index (χ0) is 21.8. The molecule has 31 heavy (non-hydrogen) atoms. The monoisotopic (exact) mass is 431 g/mol. The molecule has 4 aromatic rings. The second kappa shape index (κ2) is 6.99. The highest BCUT2D eigenvalue weighted by atomic mass is 32.2. The van der Waals surface area contributed by atoms with Crippen LogP contribution in [-0.2, 0) is 16.4 Å². The summed E-state index contributed by atoms with van der Waals surface area (Å²) in [7, 11) is -3.30. The highest BCUT2D eigenvalue weighted by Crippen LogP contribution is 2.42. The number of nitrogens with zero attached hydrogens (tertiary/aromatic N) is 1. The summed E-state index contributed by atoms with van der Waals surface area (Å²) in [6, 6.07) is 20.1. The predicted octanol–water partition coefficient (Wildman–Crippen LogP) is 4.22. The minimum Gasteiger partial charge on any atom is -0.361 e. The van der Waals surface area contributed by atoms with Crippen LogP contribution in [0, 0.1) is 0 Å². The van der Waals surface area contributed by atoms with Gasteiger partial charge in [-0.3, -0.25) is 0 Å². The Bertz CT molecular complexity index is 1440. The summed E-state index contributed by atoms with van der Waals surface area (Å²) in [4.78, 5) is 17.5. The van der Waals surface area contributed by atoms with E-state index in [2.05, 4.69) is 4.98 Å². The van der Waals surface area contributed by atoms with Crippen LogP contribution in [0.15, 0.2) is 77.8 Å². The van der Waals surface area contributed by atoms with E-state index in [-0.39, 0.29) is 10.9 Å². The van der Waals surface area contributed by atoms with Crippen molar-refractivity contribution < 1.29 is 13.2 Å². The Morgan fingerprint density at radius 3 is 2.55 bits per heavy atom. The van der Waals surface area contributed by atoms with E-state index >= 15 is 0 Å². The van der Waals surface area contributed by atoms with Crippen molar-refractivity contribution in [3.8, 4) is 11.1 Å². The summed E-state index contributed by atoms with van der Waals surface area (Å²) in [6.45, 7) is 0.397. The molecule has 2 heterocycles. The summed E-state index contributed by atoms with van der Waals surface area (Å²) in [6.07, 6.45) is 3.13. The van der Waals surface area contributed by atoms with Gasteiger partial charge in [-0.05, 0) is 46.5 Å². The van der Waals surface area contributed by atoms with Crippen LogP contribution in [0.2, 0.25) is 0 Å². The molecule has 1 unspecified atom stereocenters. The van der Waals surface area contributed by atoms with E-state index < -0.39 is 15.9 Å². The Kier molecular flexibility index (Phi) is 4.37. The third kappa shape index (κ3) is 3.27. The molecule has 1 aromatic heterocycles. The van der Waals surface area contributed by atoms with Crippen molar-refractivity contribution in [3.63, 3.8) is 0 Å². The number of aromatic amines is 1. The number of H-pyrrole nitrogens is 1. The number of rotatable bonds is 3. The van der Waals surface area contributed by atoms with Gasteiger partial charge in [0.15, 0.2) is 9.84 Å². The second-order valence-corrected chi connectivity index (χ2v) is 9.89. The normalized spacial score (nSPS) is 15.9. The van der Waals surface area contributed by atoms with Crippen LogP contribution in [0.3, 0.4) is 0 Å². The molecule has 2 amide bonds. The van der Waals surface area contributed by atoms with Crippen LogP contribution in [0.4, 0.5) is 4.79 Å². The van der Waals surface area contributed by atoms with E-state index in [0.29, 0.717) is 6.54 Å². The number of hydrogen-bond acceptors (Lipinski definition) is 3. The zero-order valence-electron chi connectivity index (χ0n) is 16.9. The lowest BCUT2D eigenvalue weighted by Crippen LogP contribution is -2.34. The van der Waals surface area contributed by atoms with Crippen molar-refractivity contribution in [1.29, 1.82) is 0 Å². The maximum Gasteiger partial charge on any atom is 0.315 e. The van der Waals surface area contributed by atoms with Gasteiger partial charge >= 0.3 is 6.03 Å². The largest absolute Gasteiger partial charge is 0.361 e. The molecule has 3 aromatic carbocycles. The van der Waals surface area contributed by atoms with Gasteiger partial charge in [-0.1, -0.05) is 42.5 Å². The highest BCUT2D eigenvalue weighted by Gasteiger charge is 2.35. The minimum atomic E-state index is -3.30. The average Bonchev–Trinajstić information content (AvgIpc) is 3.34. The van der Waals surface area contributed by atoms with Gasteiger partial charge in [-0.2, -0.15) is 0 Å². The SMILES string of the molecule is CS(=O)(=O)c1cccc(-c2ccc3c(c2)CN(C(N)=O)C3c2c[nH]c3ccccc23)c1. The molecule has 1 aliphatic rings. The zero-order valence-corrected chi connectivity index (χ0v) is 17.7. The number of hydrogen-bond donors (Lipinski definition) is 2. The number of primary amides is 1. The molecule has 0 radical (unpaired) electrons. The van der Waals surface area contributed by atoms with Gasteiger partial charge in [-0.25, -0.2) is 13.2 Å². The number of fused-ring (bicyclic) bond motifs is 2. The number of carbonyl (C=O) groups is 1. The van der Waals surface area contributed by atoms with Crippen LogP contribution in [0.5, 0.6) is 0 Å². The number of sulfone groups is 1. The predicted molar refractivity (Wildman–Crippen MR) is 120 cm³/mol. The third-order valence-electron chi connectivity index (χ3n) is 5.88. The fraction of sp³-hybridized carbons (Fsp3) is 0.125. The molecule has 5 rings (SSSR count). The molecule has 1 aliphatic heterocycles. The Morgan fingerprint density at radius 1 is 1.00 bits per heavy atom. The Morgan fingerprint density at radius 2 is 1.77 bits per heavy atom. The topological polar surface area (TPSA) is 96.3 Å². The van der Waals surface area contributed by atoms with E-state index in [9.17, 15) is 13.2 Å². The van der Waals surface area contributed by atoms with Crippen molar-refractivity contribution in [2.75, 3.05) is 6.26 Å². The average molecular weight is 432 g/mol. The number of para-hydroxylation sites is 1. The number of amides is 2. The summed E-state index contributed by atoms with van der Waals surface area (Å²) in [5.74, 6) is 0. The van der Waals surface area contributed by atoms with Gasteiger partial charge in [0.2, 0.25) is 0 Å². The highest BCUT2D eigenvalue weighted by molar-refractivity contribution is 7.90. The first kappa shape index (κ1) is 19.4. The maximum atomic E-state index is 12.3. The third-order valence-corrected chi connectivity index (χ3v) is 6.99. The molecule has 156 valence electrons. The maximum absolute atomic E-state index is 12.3. The fourth-order valence-corrected chi connectivity index (χ4v) is 5.07. The smallest absolute Gasteiger partial charge is 0.315 e. The van der Waals surface area contributed by atoms with Crippen LogP contribution >= 0.6 is 0 Å². The number of urea groups is 1. The van der Waals surface area contributed by atoms with Gasteiger partial charge in [0.1, 0.15) is 0 Å². The summed E-state index contributed by atoms with van der Waals surface area (Å²) in [5, 5.41) is 1.05. The van der Waals surface area contributed by atoms with E-state index in [0.717, 1.165) is 38.7 Å². The number of nitrogens with two attached hydrogens (primary N) is 1. The molecule has 0 aliphatic carbocycles. The van der Waals surface area contributed by atoms with Crippen LogP contribution in [0.1, 0.15) is 22.7 Å². The first-order valence-electron chi connectivity index (χ1n) is 9.88. The molecule has 0 spiro atoms. The number of carbonyl (C=O) groups excluding carboxylic acids is 1. The first-order valence-corrected chi connectivity index (χ1v) is 11.8. The van der Waals surface area contributed by atoms with E-state index in [1.165, 1.54) is 6.26 Å². The van der Waals surface area contributed by atoms with Gasteiger partial charge in [0, 0.05) is 35.5 Å². The molecule has 0 saturated heterocycles. The lowest BCUT2D eigenvalue weighted by atomic mass is 9.94. The Balaban J connectivity index is 1.62. The van der Waals surface area contributed by atoms with Crippen molar-refractivity contribution in [2.24, 2.45) is 5.73 Å². The van der Waals surface area contributed by atoms with Crippen LogP contribution in [-0.4, -0.2) is 30.6 Å². The van der Waals surface area contributed by atoms with Gasteiger partial charge in [0.25, 0.3) is 0 Å². The standard InChI is InChI=1S/C24H21N3O3S/c1-31(29,30)18-6-4-5-15(12-18)16-9-10-19-17(11-16)14-27(24(25)28)23(19)21-13-26-22-8-3-2-7-20(21)22/h2-13,23,26H,14H2,1H3,(H2,25,28). The molecule has 0 saturated carbocycles. The Labute approximate surface area is 180 Å². The van der Waals surface area contributed by atoms with Crippen molar-refractivity contribution in [3.05, 3.63) is 89.6 Å².